The molecule has 0 saturated carbocycles. The van der Waals surface area contributed by atoms with Crippen molar-refractivity contribution in [3.05, 3.63) is 0 Å². The average Bonchev–Trinajstić information content (AvgIpc) is 2.77. The van der Waals surface area contributed by atoms with Crippen LogP contribution in [0, 0.1) is 0 Å². The molecular formula is C14H25NO4. The van der Waals surface area contributed by atoms with Gasteiger partial charge in [-0.25, -0.2) is 0 Å². The van der Waals surface area contributed by atoms with Crippen molar-refractivity contribution in [3.63, 3.8) is 0 Å². The van der Waals surface area contributed by atoms with Crippen molar-refractivity contribution in [2.24, 2.45) is 0 Å². The molecular weight excluding hydrogens is 246 g/mol. The van der Waals surface area contributed by atoms with Gasteiger partial charge in [0.15, 0.2) is 0 Å². The Kier molecular flexibility index (Phi) is 5.79. The molecule has 1 aliphatic heterocycles. The Bertz CT molecular complexity index is 316. The fourth-order valence-electron chi connectivity index (χ4n) is 2.02. The van der Waals surface area contributed by atoms with E-state index in [9.17, 15) is 9.59 Å². The molecule has 0 aromatic carbocycles. The van der Waals surface area contributed by atoms with Crippen molar-refractivity contribution < 1.29 is 19.1 Å². The zero-order valence-electron chi connectivity index (χ0n) is 12.3. The lowest BCUT2D eigenvalue weighted by Gasteiger charge is -2.21. The van der Waals surface area contributed by atoms with Gasteiger partial charge in [0.25, 0.3) is 0 Å². The molecule has 0 spiro atoms. The molecule has 1 aliphatic rings. The van der Waals surface area contributed by atoms with E-state index in [-0.39, 0.29) is 36.9 Å². The largest absolute Gasteiger partial charge is 0.460 e. The van der Waals surface area contributed by atoms with Crippen molar-refractivity contribution in [1.29, 1.82) is 0 Å². The summed E-state index contributed by atoms with van der Waals surface area (Å²) in [4.78, 5) is 23.2. The zero-order chi connectivity index (χ0) is 14.5. The predicted molar refractivity (Wildman–Crippen MR) is 71.7 cm³/mol. The Morgan fingerprint density at radius 1 is 1.37 bits per heavy atom. The lowest BCUT2D eigenvalue weighted by Crippen LogP contribution is -2.41. The first-order chi connectivity index (χ1) is 8.78. The summed E-state index contributed by atoms with van der Waals surface area (Å²) in [6.45, 7) is 8.13. The van der Waals surface area contributed by atoms with Gasteiger partial charge in [-0.1, -0.05) is 0 Å². The second-order valence-corrected chi connectivity index (χ2v) is 5.99. The number of hydrogen-bond acceptors (Lipinski definition) is 4. The Hall–Kier alpha value is -1.10. The molecule has 0 aromatic heterocycles. The van der Waals surface area contributed by atoms with Gasteiger partial charge in [0.2, 0.25) is 5.91 Å². The van der Waals surface area contributed by atoms with Gasteiger partial charge in [-0.3, -0.25) is 9.59 Å². The summed E-state index contributed by atoms with van der Waals surface area (Å²) in [5.41, 5.74) is -0.501. The van der Waals surface area contributed by atoms with Crippen LogP contribution in [0.15, 0.2) is 0 Å². The van der Waals surface area contributed by atoms with Crippen LogP contribution < -0.4 is 5.32 Å². The maximum atomic E-state index is 11.7. The normalized spacial score (nSPS) is 20.9. The standard InChI is InChI=1S/C14H25NO4/c1-10(11-6-5-9-18-11)15-12(16)7-8-13(17)19-14(2,3)4/h10-11H,5-9H2,1-4H3,(H,15,16). The molecule has 19 heavy (non-hydrogen) atoms. The number of carbonyl (C=O) groups excluding carboxylic acids is 2. The first-order valence-electron chi connectivity index (χ1n) is 6.91. The molecule has 5 nitrogen and oxygen atoms in total. The number of hydrogen-bond donors (Lipinski definition) is 1. The van der Waals surface area contributed by atoms with Crippen LogP contribution in [0.2, 0.25) is 0 Å². The Morgan fingerprint density at radius 2 is 2.05 bits per heavy atom. The lowest BCUT2D eigenvalue weighted by molar-refractivity contribution is -0.155. The van der Waals surface area contributed by atoms with Gasteiger partial charge >= 0.3 is 5.97 Å². The highest BCUT2D eigenvalue weighted by molar-refractivity contribution is 5.81. The maximum Gasteiger partial charge on any atom is 0.306 e. The minimum absolute atomic E-state index is 0.00589. The number of nitrogens with one attached hydrogen (secondary N) is 1. The summed E-state index contributed by atoms with van der Waals surface area (Å²) < 4.78 is 10.6. The van der Waals surface area contributed by atoms with E-state index < -0.39 is 5.60 Å². The Labute approximate surface area is 115 Å². The van der Waals surface area contributed by atoms with Crippen molar-refractivity contribution in [2.45, 2.75) is 71.1 Å². The third-order valence-electron chi connectivity index (χ3n) is 2.89. The van der Waals surface area contributed by atoms with E-state index in [1.165, 1.54) is 0 Å². The minimum atomic E-state index is -0.501. The first-order valence-corrected chi connectivity index (χ1v) is 6.91. The minimum Gasteiger partial charge on any atom is -0.460 e. The Balaban J connectivity index is 2.22. The molecule has 1 N–H and O–H groups in total. The van der Waals surface area contributed by atoms with Crippen LogP contribution in [0.3, 0.4) is 0 Å². The molecule has 2 unspecified atom stereocenters. The van der Waals surface area contributed by atoms with Crippen molar-refractivity contribution >= 4 is 11.9 Å². The third kappa shape index (κ3) is 6.57. The summed E-state index contributed by atoms with van der Waals surface area (Å²) >= 11 is 0. The zero-order valence-corrected chi connectivity index (χ0v) is 12.3. The van der Waals surface area contributed by atoms with Crippen LogP contribution >= 0.6 is 0 Å². The second kappa shape index (κ2) is 6.89. The molecule has 1 amide bonds. The number of amides is 1. The van der Waals surface area contributed by atoms with Crippen molar-refractivity contribution in [2.75, 3.05) is 6.61 Å². The van der Waals surface area contributed by atoms with Gasteiger partial charge in [-0.05, 0) is 40.5 Å². The monoisotopic (exact) mass is 271 g/mol. The van der Waals surface area contributed by atoms with E-state index >= 15 is 0 Å². The summed E-state index contributed by atoms with van der Waals surface area (Å²) in [5.74, 6) is -0.471. The quantitative estimate of drug-likeness (QED) is 0.774. The Morgan fingerprint density at radius 3 is 2.58 bits per heavy atom. The summed E-state index contributed by atoms with van der Waals surface area (Å²) in [5, 5.41) is 2.87. The molecule has 0 bridgehead atoms. The molecule has 0 aliphatic carbocycles. The molecule has 1 heterocycles. The van der Waals surface area contributed by atoms with Crippen LogP contribution in [-0.2, 0) is 19.1 Å². The van der Waals surface area contributed by atoms with Gasteiger partial charge in [0, 0.05) is 13.0 Å². The highest BCUT2D eigenvalue weighted by Gasteiger charge is 2.24. The number of carbonyl (C=O) groups is 2. The van der Waals surface area contributed by atoms with Gasteiger partial charge < -0.3 is 14.8 Å². The smallest absolute Gasteiger partial charge is 0.306 e. The van der Waals surface area contributed by atoms with E-state index in [1.807, 2.05) is 27.7 Å². The van der Waals surface area contributed by atoms with E-state index in [0.717, 1.165) is 19.4 Å². The van der Waals surface area contributed by atoms with E-state index in [1.54, 1.807) is 0 Å². The van der Waals surface area contributed by atoms with Crippen LogP contribution in [0.4, 0.5) is 0 Å². The highest BCUT2D eigenvalue weighted by Crippen LogP contribution is 2.15. The molecule has 1 fully saturated rings. The third-order valence-corrected chi connectivity index (χ3v) is 2.89. The van der Waals surface area contributed by atoms with Gasteiger partial charge in [-0.2, -0.15) is 0 Å². The molecule has 1 saturated heterocycles. The van der Waals surface area contributed by atoms with Gasteiger partial charge in [0.1, 0.15) is 5.60 Å². The van der Waals surface area contributed by atoms with Crippen LogP contribution in [0.5, 0.6) is 0 Å². The molecule has 110 valence electrons. The molecule has 2 atom stereocenters. The van der Waals surface area contributed by atoms with Crippen molar-refractivity contribution in [1.82, 2.24) is 5.32 Å². The fraction of sp³-hybridized carbons (Fsp3) is 0.857. The van der Waals surface area contributed by atoms with E-state index in [0.29, 0.717) is 0 Å². The highest BCUT2D eigenvalue weighted by atomic mass is 16.6. The van der Waals surface area contributed by atoms with Crippen LogP contribution in [0.25, 0.3) is 0 Å². The predicted octanol–water partition coefficient (Wildman–Crippen LogP) is 1.79. The number of ether oxygens (including phenoxy) is 2. The summed E-state index contributed by atoms with van der Waals surface area (Å²) in [6, 6.07) is -0.00589. The van der Waals surface area contributed by atoms with E-state index in [2.05, 4.69) is 5.32 Å². The van der Waals surface area contributed by atoms with Crippen LogP contribution in [0.1, 0.15) is 53.4 Å². The number of rotatable bonds is 5. The average molecular weight is 271 g/mol. The van der Waals surface area contributed by atoms with Crippen LogP contribution in [-0.4, -0.2) is 36.2 Å². The second-order valence-electron chi connectivity index (χ2n) is 5.99. The summed E-state index contributed by atoms with van der Waals surface area (Å²) in [6.07, 6.45) is 2.40. The first kappa shape index (κ1) is 16.0. The molecule has 0 radical (unpaired) electrons. The number of esters is 1. The van der Waals surface area contributed by atoms with Gasteiger partial charge in [0.05, 0.1) is 18.6 Å². The topological polar surface area (TPSA) is 64.6 Å². The molecule has 1 rings (SSSR count). The maximum absolute atomic E-state index is 11.7. The van der Waals surface area contributed by atoms with Gasteiger partial charge in [-0.15, -0.1) is 0 Å². The molecule has 5 heteroatoms. The fourth-order valence-corrected chi connectivity index (χ4v) is 2.02. The lowest BCUT2D eigenvalue weighted by atomic mass is 10.1. The summed E-state index contributed by atoms with van der Waals surface area (Å²) in [7, 11) is 0. The van der Waals surface area contributed by atoms with Crippen molar-refractivity contribution in [3.8, 4) is 0 Å². The van der Waals surface area contributed by atoms with E-state index in [4.69, 9.17) is 9.47 Å². The SMILES string of the molecule is CC(NC(=O)CCC(=O)OC(C)(C)C)C1CCCO1. The molecule has 0 aromatic rings.